The summed E-state index contributed by atoms with van der Waals surface area (Å²) in [5.41, 5.74) is 16.5. The summed E-state index contributed by atoms with van der Waals surface area (Å²) in [6.07, 6.45) is 0. The Hall–Kier alpha value is -7.89. The molecule has 0 amide bonds. The van der Waals surface area contributed by atoms with Crippen LogP contribution in [0.15, 0.2) is 267 Å². The van der Waals surface area contributed by atoms with Gasteiger partial charge in [-0.15, -0.1) is 0 Å². The molecule has 0 aliphatic carbocycles. The summed E-state index contributed by atoms with van der Waals surface area (Å²) < 4.78 is 3.00. The Labute approximate surface area is 454 Å². The fraction of sp³-hybridized carbons (Fsp3) is 0.0833. The quantitative estimate of drug-likeness (QED) is 0.0889. The first-order chi connectivity index (χ1) is 36.9. The summed E-state index contributed by atoms with van der Waals surface area (Å²) in [6.45, 7) is 0. The maximum atomic E-state index is 2.46. The van der Waals surface area contributed by atoms with Crippen molar-refractivity contribution in [3.8, 4) is 44.5 Å². The van der Waals surface area contributed by atoms with Crippen LogP contribution < -0.4 is 18.6 Å². The minimum atomic E-state index is -2.02. The fourth-order valence-electron chi connectivity index (χ4n) is 11.0. The molecule has 4 heteroatoms. The predicted molar refractivity (Wildman–Crippen MR) is 336 cm³/mol. The third kappa shape index (κ3) is 9.68. The Bertz CT molecular complexity index is 3720. The van der Waals surface area contributed by atoms with Crippen LogP contribution in [0.5, 0.6) is 0 Å². The van der Waals surface area contributed by atoms with Crippen molar-refractivity contribution in [3.05, 3.63) is 267 Å². The van der Waals surface area contributed by atoms with Gasteiger partial charge in [-0.25, -0.2) is 0 Å². The van der Waals surface area contributed by atoms with Gasteiger partial charge < -0.3 is 0 Å². The van der Waals surface area contributed by atoms with Crippen molar-refractivity contribution in [2.45, 2.75) is 34.5 Å². The van der Waals surface area contributed by atoms with Crippen molar-refractivity contribution in [2.75, 3.05) is 9.80 Å². The minimum absolute atomic E-state index is 1.12. The Balaban J connectivity index is 0.923. The SMILES string of the molecule is [CH3][Ge]([CH3])([CH3])[c]1ccc(N(c2ccc(-c3ccccc3)cc2)c2ccc(-c3cc4c5ccccc5c(-c5ccc(N(c6ccc(-c7ccccc7)cc6)c6cc[c]([Ge]([CH3])([CH3])[CH3])cc6)cc5)cc4c4ccccc34)cc2)cc1. The van der Waals surface area contributed by atoms with Crippen molar-refractivity contribution in [3.63, 3.8) is 0 Å². The van der Waals surface area contributed by atoms with Crippen LogP contribution in [0.1, 0.15) is 0 Å². The van der Waals surface area contributed by atoms with E-state index in [2.05, 4.69) is 311 Å². The van der Waals surface area contributed by atoms with Crippen molar-refractivity contribution in [2.24, 2.45) is 0 Å². The first-order valence-corrected chi connectivity index (χ1v) is 41.3. The second kappa shape index (κ2) is 20.3. The summed E-state index contributed by atoms with van der Waals surface area (Å²) in [6, 6.07) is 99.2. The Morgan fingerprint density at radius 2 is 0.447 bits per heavy atom. The van der Waals surface area contributed by atoms with E-state index in [1.54, 1.807) is 0 Å². The number of rotatable bonds is 12. The number of benzene rings is 12. The second-order valence-electron chi connectivity index (χ2n) is 22.2. The van der Waals surface area contributed by atoms with Gasteiger partial charge in [-0.2, -0.15) is 0 Å². The van der Waals surface area contributed by atoms with Crippen LogP contribution in [0, 0.1) is 0 Å². The van der Waals surface area contributed by atoms with Gasteiger partial charge in [0.25, 0.3) is 0 Å². The van der Waals surface area contributed by atoms with E-state index in [-0.39, 0.29) is 0 Å². The van der Waals surface area contributed by atoms with E-state index in [9.17, 15) is 0 Å². The van der Waals surface area contributed by atoms with Crippen molar-refractivity contribution >= 4 is 102 Å². The number of nitrogens with zero attached hydrogens (tertiary/aromatic N) is 2. The zero-order valence-corrected chi connectivity index (χ0v) is 48.5. The third-order valence-electron chi connectivity index (χ3n) is 15.2. The van der Waals surface area contributed by atoms with Crippen LogP contribution >= 0.6 is 0 Å². The standard InChI is InChI=1S/C72H62Ge2N2/c1-73(2,3)57-33-45-63(46-34-57)75(59-37-25-53(26-38-59)51-17-9-7-10-18-51)61-41-29-55(30-42-61)69-49-71-68-24-16-14-22-66(68)70(50-72(71)67-23-15-13-21-65(67)69)56-31-43-62(44-32-56)76(64-47-35-58(36-48-64)74(4,5)6)60-39-27-54(28-40-60)52-19-11-8-12-20-52/h7-50H,1-6H3. The molecule has 368 valence electrons. The molecule has 0 radical (unpaired) electrons. The average Bonchev–Trinajstić information content (AvgIpc) is 3.50. The molecule has 0 saturated heterocycles. The average molecular weight is 1100 g/mol. The number of fused-ring (bicyclic) bond motifs is 5. The van der Waals surface area contributed by atoms with Crippen LogP contribution in [0.2, 0.25) is 34.5 Å². The van der Waals surface area contributed by atoms with Gasteiger partial charge in [0.2, 0.25) is 0 Å². The maximum absolute atomic E-state index is 2.46. The van der Waals surface area contributed by atoms with Gasteiger partial charge in [0, 0.05) is 0 Å². The molecule has 76 heavy (non-hydrogen) atoms. The monoisotopic (exact) mass is 1100 g/mol. The fourth-order valence-corrected chi connectivity index (χ4v) is 15.9. The summed E-state index contributed by atoms with van der Waals surface area (Å²) in [5, 5.41) is 7.49. The molecule has 0 N–H and O–H groups in total. The zero-order valence-electron chi connectivity index (χ0n) is 44.3. The number of hydrogen-bond acceptors (Lipinski definition) is 2. The van der Waals surface area contributed by atoms with Crippen LogP contribution in [-0.2, 0) is 0 Å². The molecule has 0 atom stereocenters. The summed E-state index contributed by atoms with van der Waals surface area (Å²) in [4.78, 5) is 4.79. The first-order valence-electron chi connectivity index (χ1n) is 26.7. The molecule has 12 aromatic rings. The molecule has 0 heterocycles. The van der Waals surface area contributed by atoms with Crippen LogP contribution in [-0.4, -0.2) is 26.5 Å². The molecule has 0 aliphatic rings. The van der Waals surface area contributed by atoms with E-state index in [1.807, 2.05) is 0 Å². The molecule has 0 fully saturated rings. The summed E-state index contributed by atoms with van der Waals surface area (Å²) >= 11 is -4.04. The molecule has 12 aromatic carbocycles. The van der Waals surface area contributed by atoms with E-state index < -0.39 is 26.5 Å². The molecular formula is C72H62Ge2N2. The molecule has 0 aliphatic heterocycles. The van der Waals surface area contributed by atoms with Crippen LogP contribution in [0.25, 0.3) is 76.8 Å². The third-order valence-corrected chi connectivity index (χ3v) is 23.9. The molecule has 0 unspecified atom stereocenters. The van der Waals surface area contributed by atoms with Gasteiger partial charge in [-0.3, -0.25) is 0 Å². The van der Waals surface area contributed by atoms with Gasteiger partial charge in [-0.1, -0.05) is 48.5 Å². The second-order valence-corrected chi connectivity index (χ2v) is 43.5. The van der Waals surface area contributed by atoms with E-state index in [0.29, 0.717) is 0 Å². The van der Waals surface area contributed by atoms with E-state index in [0.717, 1.165) is 34.1 Å². The van der Waals surface area contributed by atoms with Gasteiger partial charge >= 0.3 is 409 Å². The molecule has 12 rings (SSSR count). The molecule has 0 spiro atoms. The molecule has 2 nitrogen and oxygen atoms in total. The number of hydrogen-bond donors (Lipinski definition) is 0. The van der Waals surface area contributed by atoms with E-state index in [4.69, 9.17) is 0 Å². The topological polar surface area (TPSA) is 6.48 Å². The molecule has 0 saturated carbocycles. The van der Waals surface area contributed by atoms with Crippen molar-refractivity contribution in [1.29, 1.82) is 0 Å². The molecular weight excluding hydrogens is 1040 g/mol. The predicted octanol–water partition coefficient (Wildman–Crippen LogP) is 19.8. The summed E-state index contributed by atoms with van der Waals surface area (Å²) in [7, 11) is 0. The molecule has 0 aromatic heterocycles. The van der Waals surface area contributed by atoms with Gasteiger partial charge in [-0.05, 0) is 0 Å². The van der Waals surface area contributed by atoms with Crippen molar-refractivity contribution < 1.29 is 0 Å². The zero-order chi connectivity index (χ0) is 52.0. The van der Waals surface area contributed by atoms with Crippen molar-refractivity contribution in [1.82, 2.24) is 0 Å². The van der Waals surface area contributed by atoms with Crippen LogP contribution in [0.3, 0.4) is 0 Å². The van der Waals surface area contributed by atoms with Gasteiger partial charge in [0.15, 0.2) is 0 Å². The van der Waals surface area contributed by atoms with E-state index >= 15 is 0 Å². The van der Waals surface area contributed by atoms with Gasteiger partial charge in [0.05, 0.1) is 0 Å². The summed E-state index contributed by atoms with van der Waals surface area (Å²) in [5.74, 6) is 14.8. The van der Waals surface area contributed by atoms with Gasteiger partial charge in [0.1, 0.15) is 0 Å². The Kier molecular flexibility index (Phi) is 13.1. The number of anilines is 6. The van der Waals surface area contributed by atoms with E-state index in [1.165, 1.54) is 85.6 Å². The first kappa shape index (κ1) is 49.0. The van der Waals surface area contributed by atoms with Crippen LogP contribution in [0.4, 0.5) is 34.1 Å². The Morgan fingerprint density at radius 3 is 0.737 bits per heavy atom. The normalized spacial score (nSPS) is 11.8. The molecule has 0 bridgehead atoms. The Morgan fingerprint density at radius 1 is 0.211 bits per heavy atom.